The molecular formula is C16H15F15O4. The molecule has 35 heavy (non-hydrogen) atoms. The highest BCUT2D eigenvalue weighted by atomic mass is 19.4. The lowest BCUT2D eigenvalue weighted by atomic mass is 9.85. The van der Waals surface area contributed by atoms with Crippen LogP contribution in [-0.4, -0.2) is 78.7 Å². The molecule has 0 heterocycles. The molecule has 0 amide bonds. The van der Waals surface area contributed by atoms with E-state index in [0.717, 1.165) is 0 Å². The van der Waals surface area contributed by atoms with E-state index in [2.05, 4.69) is 16.1 Å². The normalized spacial score (nSPS) is 15.7. The van der Waals surface area contributed by atoms with E-state index >= 15 is 0 Å². The molecule has 0 aliphatic heterocycles. The molecule has 0 bridgehead atoms. The number of esters is 1. The van der Waals surface area contributed by atoms with Gasteiger partial charge in [0.2, 0.25) is 0 Å². The fourth-order valence-electron chi connectivity index (χ4n) is 2.08. The maximum atomic E-state index is 13.6. The van der Waals surface area contributed by atoms with E-state index in [0.29, 0.717) is 0 Å². The molecule has 0 spiro atoms. The number of carbonyl (C=O) groups is 1. The molecule has 1 atom stereocenters. The lowest BCUT2D eigenvalue weighted by Gasteiger charge is -2.43. The van der Waals surface area contributed by atoms with Gasteiger partial charge in [-0.15, -0.1) is 0 Å². The number of ether oxygens (including phenoxy) is 2. The average molecular weight is 556 g/mol. The molecule has 0 radical (unpaired) electrons. The molecule has 0 aromatic heterocycles. The lowest BCUT2D eigenvalue weighted by Crippen LogP contribution is -2.75. The molecule has 0 aromatic rings. The van der Waals surface area contributed by atoms with Crippen molar-refractivity contribution < 1.29 is 85.2 Å². The standard InChI is InChI=1S/C16H15F15O4/c1-7(2)9(33)35-6-8(32)5-34-4-3-10(17,18)12(20,21)14(24,25)13(22,23)11(19,15(26,27)28)16(29,30)31/h8,32H,1,3-6H2,2H3. The minimum absolute atomic E-state index is 0.161. The topological polar surface area (TPSA) is 55.8 Å². The van der Waals surface area contributed by atoms with Gasteiger partial charge >= 0.3 is 47.7 Å². The Kier molecular flexibility index (Phi) is 9.65. The summed E-state index contributed by atoms with van der Waals surface area (Å²) in [6, 6.07) is 0. The van der Waals surface area contributed by atoms with Crippen LogP contribution in [0.1, 0.15) is 13.3 Å². The van der Waals surface area contributed by atoms with Crippen LogP contribution in [0.3, 0.4) is 0 Å². The van der Waals surface area contributed by atoms with Crippen molar-refractivity contribution in [2.75, 3.05) is 19.8 Å². The van der Waals surface area contributed by atoms with Gasteiger partial charge in [0.25, 0.3) is 0 Å². The molecular weight excluding hydrogens is 541 g/mol. The lowest BCUT2D eigenvalue weighted by molar-refractivity contribution is -0.457. The van der Waals surface area contributed by atoms with E-state index in [1.165, 1.54) is 6.92 Å². The Morgan fingerprint density at radius 2 is 1.20 bits per heavy atom. The number of halogens is 15. The SMILES string of the molecule is C=C(C)C(=O)OCC(O)COCCC(F)(F)C(F)(F)C(F)(F)C(F)(F)C(F)(C(F)(F)F)C(F)(F)F. The van der Waals surface area contributed by atoms with E-state index < -0.39 is 80.0 Å². The van der Waals surface area contributed by atoms with Crippen molar-refractivity contribution in [3.05, 3.63) is 12.2 Å². The van der Waals surface area contributed by atoms with Gasteiger partial charge in [-0.1, -0.05) is 6.58 Å². The zero-order valence-corrected chi connectivity index (χ0v) is 17.0. The highest BCUT2D eigenvalue weighted by Crippen LogP contribution is 2.64. The predicted octanol–water partition coefficient (Wildman–Crippen LogP) is 5.25. The molecule has 0 aliphatic carbocycles. The molecule has 4 nitrogen and oxygen atoms in total. The molecule has 0 saturated carbocycles. The summed E-state index contributed by atoms with van der Waals surface area (Å²) >= 11 is 0. The Hall–Kier alpha value is -1.92. The third-order valence-corrected chi connectivity index (χ3v) is 4.09. The van der Waals surface area contributed by atoms with Gasteiger partial charge in [0.1, 0.15) is 12.7 Å². The highest BCUT2D eigenvalue weighted by molar-refractivity contribution is 5.86. The summed E-state index contributed by atoms with van der Waals surface area (Å²) in [6.07, 6.45) is -20.5. The number of aliphatic hydroxyl groups is 1. The van der Waals surface area contributed by atoms with Crippen LogP contribution in [0, 0.1) is 0 Å². The van der Waals surface area contributed by atoms with Crippen LogP contribution in [0.15, 0.2) is 12.2 Å². The van der Waals surface area contributed by atoms with Crippen molar-refractivity contribution in [2.24, 2.45) is 0 Å². The largest absolute Gasteiger partial charge is 0.460 e. The smallest absolute Gasteiger partial charge is 0.438 e. The van der Waals surface area contributed by atoms with E-state index in [-0.39, 0.29) is 5.57 Å². The summed E-state index contributed by atoms with van der Waals surface area (Å²) in [6.45, 7) is 0.468. The highest BCUT2D eigenvalue weighted by Gasteiger charge is 2.95. The monoisotopic (exact) mass is 556 g/mol. The number of hydrogen-bond acceptors (Lipinski definition) is 4. The van der Waals surface area contributed by atoms with Crippen molar-refractivity contribution in [2.45, 2.75) is 61.2 Å². The molecule has 0 aromatic carbocycles. The first kappa shape index (κ1) is 33.1. The van der Waals surface area contributed by atoms with Crippen LogP contribution in [0.4, 0.5) is 65.9 Å². The molecule has 0 saturated heterocycles. The molecule has 0 aliphatic rings. The summed E-state index contributed by atoms with van der Waals surface area (Å²) in [4.78, 5) is 11.0. The fourth-order valence-corrected chi connectivity index (χ4v) is 2.08. The van der Waals surface area contributed by atoms with Gasteiger partial charge in [-0.2, -0.15) is 61.5 Å². The number of hydrogen-bond donors (Lipinski definition) is 1. The van der Waals surface area contributed by atoms with Gasteiger partial charge in [-0.3, -0.25) is 0 Å². The Bertz CT molecular complexity index is 743. The van der Waals surface area contributed by atoms with Gasteiger partial charge in [0.05, 0.1) is 13.2 Å². The van der Waals surface area contributed by atoms with Gasteiger partial charge in [-0.25, -0.2) is 9.18 Å². The second-order valence-corrected chi connectivity index (χ2v) is 6.94. The minimum Gasteiger partial charge on any atom is -0.460 e. The van der Waals surface area contributed by atoms with Crippen molar-refractivity contribution >= 4 is 5.97 Å². The first-order chi connectivity index (χ1) is 15.2. The van der Waals surface area contributed by atoms with Crippen LogP contribution in [0.25, 0.3) is 0 Å². The summed E-state index contributed by atoms with van der Waals surface area (Å²) in [7, 11) is 0. The second kappa shape index (κ2) is 10.2. The van der Waals surface area contributed by atoms with Gasteiger partial charge in [0.15, 0.2) is 0 Å². The zero-order valence-electron chi connectivity index (χ0n) is 17.0. The summed E-state index contributed by atoms with van der Waals surface area (Å²) in [5.74, 6) is -32.0. The summed E-state index contributed by atoms with van der Waals surface area (Å²) in [5.41, 5.74) is -8.51. The van der Waals surface area contributed by atoms with Crippen molar-refractivity contribution in [3.63, 3.8) is 0 Å². The Balaban J connectivity index is 5.65. The first-order valence-corrected chi connectivity index (χ1v) is 8.64. The molecule has 0 rings (SSSR count). The Labute approximate surface area is 185 Å². The van der Waals surface area contributed by atoms with Crippen molar-refractivity contribution in [1.82, 2.24) is 0 Å². The number of carbonyl (C=O) groups excluding carboxylic acids is 1. The maximum Gasteiger partial charge on any atom is 0.438 e. The van der Waals surface area contributed by atoms with Gasteiger partial charge in [0, 0.05) is 12.0 Å². The molecule has 19 heteroatoms. The zero-order chi connectivity index (χ0) is 28.5. The molecule has 208 valence electrons. The van der Waals surface area contributed by atoms with Crippen LogP contribution in [0.2, 0.25) is 0 Å². The van der Waals surface area contributed by atoms with E-state index in [4.69, 9.17) is 0 Å². The van der Waals surface area contributed by atoms with Crippen LogP contribution >= 0.6 is 0 Å². The Morgan fingerprint density at radius 3 is 1.57 bits per heavy atom. The minimum atomic E-state index is -8.48. The van der Waals surface area contributed by atoms with Crippen LogP contribution in [-0.2, 0) is 14.3 Å². The van der Waals surface area contributed by atoms with Crippen LogP contribution in [0.5, 0.6) is 0 Å². The average Bonchev–Trinajstić information content (AvgIpc) is 2.66. The van der Waals surface area contributed by atoms with E-state index in [1.807, 2.05) is 0 Å². The van der Waals surface area contributed by atoms with Crippen molar-refractivity contribution in [3.8, 4) is 0 Å². The van der Waals surface area contributed by atoms with Crippen molar-refractivity contribution in [1.29, 1.82) is 0 Å². The summed E-state index contributed by atoms with van der Waals surface area (Å²) < 4.78 is 205. The quantitative estimate of drug-likeness (QED) is 0.155. The number of rotatable bonds is 12. The Morgan fingerprint density at radius 1 is 0.771 bits per heavy atom. The third-order valence-electron chi connectivity index (χ3n) is 4.09. The molecule has 1 N–H and O–H groups in total. The third kappa shape index (κ3) is 6.08. The summed E-state index contributed by atoms with van der Waals surface area (Å²) in [5, 5.41) is 9.31. The molecule has 1 unspecified atom stereocenters. The van der Waals surface area contributed by atoms with E-state index in [1.54, 1.807) is 0 Å². The first-order valence-electron chi connectivity index (χ1n) is 8.64. The van der Waals surface area contributed by atoms with Gasteiger partial charge < -0.3 is 14.6 Å². The van der Waals surface area contributed by atoms with Gasteiger partial charge in [-0.05, 0) is 6.92 Å². The molecule has 0 fully saturated rings. The fraction of sp³-hybridized carbons (Fsp3) is 0.812. The van der Waals surface area contributed by atoms with Crippen LogP contribution < -0.4 is 0 Å². The number of alkyl halides is 15. The maximum absolute atomic E-state index is 13.6. The van der Waals surface area contributed by atoms with E-state index in [9.17, 15) is 75.8 Å². The predicted molar refractivity (Wildman–Crippen MR) is 83.0 cm³/mol. The second-order valence-electron chi connectivity index (χ2n) is 6.94. The number of aliphatic hydroxyl groups excluding tert-OH is 1.